The number of carboxylic acid groups (broad SMARTS) is 3. The van der Waals surface area contributed by atoms with Crippen LogP contribution >= 0.6 is 0 Å². The van der Waals surface area contributed by atoms with Gasteiger partial charge in [0.2, 0.25) is 0 Å². The van der Waals surface area contributed by atoms with E-state index in [-0.39, 0.29) is 33.4 Å². The highest BCUT2D eigenvalue weighted by Crippen LogP contribution is 2.40. The number of aromatic carboxylic acids is 2. The van der Waals surface area contributed by atoms with E-state index in [2.05, 4.69) is 0 Å². The van der Waals surface area contributed by atoms with E-state index in [1.54, 1.807) is 6.92 Å². The second kappa shape index (κ2) is 8.70. The van der Waals surface area contributed by atoms with Crippen molar-refractivity contribution >= 4 is 29.3 Å². The van der Waals surface area contributed by atoms with Crippen LogP contribution in [0.25, 0.3) is 5.57 Å². The molecule has 2 aromatic rings. The number of aliphatic carboxylic acids is 1. The lowest BCUT2D eigenvalue weighted by Crippen LogP contribution is -2.17. The van der Waals surface area contributed by atoms with Crippen molar-refractivity contribution in [3.63, 3.8) is 0 Å². The first-order chi connectivity index (χ1) is 15.8. The molecule has 0 radical (unpaired) electrons. The first-order valence-corrected chi connectivity index (χ1v) is 9.90. The Bertz CT molecular complexity index is 1390. The van der Waals surface area contributed by atoms with Crippen molar-refractivity contribution in [3.8, 4) is 11.5 Å². The van der Waals surface area contributed by atoms with Crippen molar-refractivity contribution < 1.29 is 44.7 Å². The first kappa shape index (κ1) is 24.0. The molecule has 0 heterocycles. The fourth-order valence-electron chi connectivity index (χ4n) is 3.77. The van der Waals surface area contributed by atoms with Gasteiger partial charge in [-0.15, -0.1) is 0 Å². The zero-order valence-electron chi connectivity index (χ0n) is 18.3. The Morgan fingerprint density at radius 2 is 1.26 bits per heavy atom. The summed E-state index contributed by atoms with van der Waals surface area (Å²) in [7, 11) is 0. The maximum absolute atomic E-state index is 12.3. The van der Waals surface area contributed by atoms with Gasteiger partial charge >= 0.3 is 17.9 Å². The first-order valence-electron chi connectivity index (χ1n) is 9.90. The number of carbonyl (C=O) groups excluding carboxylic acids is 1. The van der Waals surface area contributed by atoms with Gasteiger partial charge < -0.3 is 25.5 Å². The minimum absolute atomic E-state index is 0.0202. The third kappa shape index (κ3) is 4.18. The lowest BCUT2D eigenvalue weighted by Gasteiger charge is -2.20. The number of ketones is 1. The van der Waals surface area contributed by atoms with E-state index in [9.17, 15) is 44.7 Å². The molecule has 2 aromatic carbocycles. The number of hydrogen-bond acceptors (Lipinski definition) is 6. The summed E-state index contributed by atoms with van der Waals surface area (Å²) in [5.41, 5.74) is -0.369. The van der Waals surface area contributed by atoms with Crippen LogP contribution in [0.3, 0.4) is 0 Å². The maximum Gasteiger partial charge on any atom is 0.339 e. The molecule has 0 amide bonds. The molecule has 0 saturated heterocycles. The molecule has 1 aliphatic carbocycles. The highest BCUT2D eigenvalue weighted by Gasteiger charge is 2.27. The molecule has 0 unspecified atom stereocenters. The Morgan fingerprint density at radius 3 is 1.82 bits per heavy atom. The molecule has 1 aliphatic rings. The van der Waals surface area contributed by atoms with Crippen LogP contribution in [0.2, 0.25) is 0 Å². The molecule has 0 aromatic heterocycles. The van der Waals surface area contributed by atoms with Crippen molar-refractivity contribution in [2.45, 2.75) is 20.8 Å². The molecule has 9 nitrogen and oxygen atoms in total. The fourth-order valence-corrected chi connectivity index (χ4v) is 3.77. The van der Waals surface area contributed by atoms with Crippen molar-refractivity contribution in [3.05, 3.63) is 86.5 Å². The third-order valence-electron chi connectivity index (χ3n) is 5.37. The lowest BCUT2D eigenvalue weighted by atomic mass is 9.84. The fraction of sp³-hybridized carbons (Fsp3) is 0.120. The van der Waals surface area contributed by atoms with Crippen LogP contribution in [0.4, 0.5) is 0 Å². The van der Waals surface area contributed by atoms with Crippen molar-refractivity contribution in [1.82, 2.24) is 0 Å². The number of carboxylic acids is 3. The van der Waals surface area contributed by atoms with Crippen LogP contribution in [0.1, 0.15) is 49.9 Å². The van der Waals surface area contributed by atoms with Gasteiger partial charge in [-0.2, -0.15) is 0 Å². The molecular formula is C25H20O9. The topological polar surface area (TPSA) is 169 Å². The number of aryl methyl sites for hydroxylation is 2. The van der Waals surface area contributed by atoms with Gasteiger partial charge in [-0.3, -0.25) is 4.79 Å². The number of Topliss-reactive ketones (excluding diaryl/α,β-unsaturated/α-hetero) is 1. The van der Waals surface area contributed by atoms with Gasteiger partial charge in [-0.25, -0.2) is 14.4 Å². The summed E-state index contributed by atoms with van der Waals surface area (Å²) < 4.78 is 0. The van der Waals surface area contributed by atoms with Crippen LogP contribution < -0.4 is 0 Å². The second-order valence-corrected chi connectivity index (χ2v) is 7.86. The van der Waals surface area contributed by atoms with Gasteiger partial charge in [0, 0.05) is 5.56 Å². The molecular weight excluding hydrogens is 444 g/mol. The standard InChI is InChI=1S/C25H20O9/c1-10-4-15(22(28)16(5-10)23(29)30)19(13-6-11(2)20(26)17(8-13)24(31)32)14-7-12(3)21(27)18(9-14)25(33)34/h4-9,26,28H,1-3H3,(H,29,30)(H,31,32)(H,33,34)/b19-14-. The van der Waals surface area contributed by atoms with E-state index in [4.69, 9.17) is 0 Å². The SMILES string of the molecule is CC1=C/C(=C(\c2cc(C)c(O)c(C(=O)O)c2)c2cc(C)cc(C(=O)O)c2O)C=C(C(=O)O)C1=O. The largest absolute Gasteiger partial charge is 0.507 e. The summed E-state index contributed by atoms with van der Waals surface area (Å²) in [5, 5.41) is 49.6. The number of carbonyl (C=O) groups is 4. The van der Waals surface area contributed by atoms with E-state index in [0.717, 1.165) is 12.1 Å². The van der Waals surface area contributed by atoms with E-state index >= 15 is 0 Å². The zero-order valence-corrected chi connectivity index (χ0v) is 18.3. The smallest absolute Gasteiger partial charge is 0.339 e. The minimum atomic E-state index is -1.48. The molecule has 0 fully saturated rings. The summed E-state index contributed by atoms with van der Waals surface area (Å²) in [6, 6.07) is 5.25. The zero-order chi connectivity index (χ0) is 25.5. The van der Waals surface area contributed by atoms with Gasteiger partial charge in [-0.1, -0.05) is 0 Å². The summed E-state index contributed by atoms with van der Waals surface area (Å²) >= 11 is 0. The number of benzene rings is 2. The van der Waals surface area contributed by atoms with Crippen molar-refractivity contribution in [2.24, 2.45) is 0 Å². The van der Waals surface area contributed by atoms with E-state index < -0.39 is 51.9 Å². The van der Waals surface area contributed by atoms with E-state index in [0.29, 0.717) is 5.56 Å². The van der Waals surface area contributed by atoms with Crippen molar-refractivity contribution in [2.75, 3.05) is 0 Å². The molecule has 174 valence electrons. The molecule has 9 heteroatoms. The number of phenols is 2. The van der Waals surface area contributed by atoms with Crippen LogP contribution in [0, 0.1) is 13.8 Å². The molecule has 3 rings (SSSR count). The second-order valence-electron chi connectivity index (χ2n) is 7.86. The molecule has 0 aliphatic heterocycles. The summed E-state index contributed by atoms with van der Waals surface area (Å²) in [5.74, 6) is -6.15. The van der Waals surface area contributed by atoms with E-state index in [1.807, 2.05) is 0 Å². The van der Waals surface area contributed by atoms with Crippen LogP contribution in [0.15, 0.2) is 53.1 Å². The van der Waals surface area contributed by atoms with Gasteiger partial charge in [0.05, 0.1) is 0 Å². The highest BCUT2D eigenvalue weighted by molar-refractivity contribution is 6.25. The molecule has 34 heavy (non-hydrogen) atoms. The Balaban J connectivity index is 2.55. The minimum Gasteiger partial charge on any atom is -0.507 e. The Labute approximate surface area is 193 Å². The molecule has 5 N–H and O–H groups in total. The Hall–Kier alpha value is -4.66. The number of hydrogen-bond donors (Lipinski definition) is 5. The quantitative estimate of drug-likeness (QED) is 0.416. The summed E-state index contributed by atoms with van der Waals surface area (Å²) in [6.45, 7) is 4.45. The van der Waals surface area contributed by atoms with E-state index in [1.165, 1.54) is 38.1 Å². The number of aromatic hydroxyl groups is 2. The Kier molecular flexibility index (Phi) is 6.14. The molecule has 0 bridgehead atoms. The van der Waals surface area contributed by atoms with Gasteiger partial charge in [0.1, 0.15) is 28.2 Å². The van der Waals surface area contributed by atoms with Gasteiger partial charge in [-0.05, 0) is 90.6 Å². The van der Waals surface area contributed by atoms with Crippen LogP contribution in [-0.4, -0.2) is 49.2 Å². The maximum atomic E-state index is 12.3. The Morgan fingerprint density at radius 1 is 0.706 bits per heavy atom. The molecule has 0 saturated carbocycles. The molecule has 0 atom stereocenters. The monoisotopic (exact) mass is 464 g/mol. The number of rotatable bonds is 5. The summed E-state index contributed by atoms with van der Waals surface area (Å²) in [6.07, 6.45) is 2.45. The third-order valence-corrected chi connectivity index (χ3v) is 5.37. The predicted molar refractivity (Wildman–Crippen MR) is 120 cm³/mol. The average Bonchev–Trinajstić information content (AvgIpc) is 2.74. The normalized spacial score (nSPS) is 14.9. The average molecular weight is 464 g/mol. The molecule has 0 spiro atoms. The highest BCUT2D eigenvalue weighted by atomic mass is 16.4. The predicted octanol–water partition coefficient (Wildman–Crippen LogP) is 3.45. The van der Waals surface area contributed by atoms with Crippen LogP contribution in [-0.2, 0) is 9.59 Å². The number of allylic oxidation sites excluding steroid dienone is 4. The van der Waals surface area contributed by atoms with Crippen LogP contribution in [0.5, 0.6) is 11.5 Å². The van der Waals surface area contributed by atoms with Gasteiger partial charge in [0.25, 0.3) is 0 Å². The van der Waals surface area contributed by atoms with Crippen molar-refractivity contribution in [1.29, 1.82) is 0 Å². The lowest BCUT2D eigenvalue weighted by molar-refractivity contribution is -0.134. The van der Waals surface area contributed by atoms with Gasteiger partial charge in [0.15, 0.2) is 5.78 Å². The summed E-state index contributed by atoms with van der Waals surface area (Å²) in [4.78, 5) is 47.4.